The zero-order valence-corrected chi connectivity index (χ0v) is 6.70. The van der Waals surface area contributed by atoms with Crippen LogP contribution in [0.2, 0.25) is 0 Å². The number of rotatable bonds is 0. The van der Waals surface area contributed by atoms with Crippen molar-refractivity contribution >= 4 is 0 Å². The first-order valence-corrected chi connectivity index (χ1v) is 3.85. The Morgan fingerprint density at radius 3 is 2.33 bits per heavy atom. The van der Waals surface area contributed by atoms with E-state index in [9.17, 15) is 0 Å². The second kappa shape index (κ2) is 2.55. The lowest BCUT2D eigenvalue weighted by Gasteiger charge is -1.98. The van der Waals surface area contributed by atoms with Crippen molar-refractivity contribution in [2.45, 2.75) is 40.0 Å². The summed E-state index contributed by atoms with van der Waals surface area (Å²) >= 11 is 0. The maximum absolute atomic E-state index is 2.34. The number of hydrogen-bond donors (Lipinski definition) is 0. The van der Waals surface area contributed by atoms with Gasteiger partial charge in [0.25, 0.3) is 0 Å². The molecule has 0 aromatic carbocycles. The smallest absolute Gasteiger partial charge is 0.0292 e. The van der Waals surface area contributed by atoms with E-state index in [2.05, 4.69) is 20.8 Å². The van der Waals surface area contributed by atoms with Gasteiger partial charge in [-0.3, -0.25) is 0 Å². The molecule has 1 saturated carbocycles. The Hall–Kier alpha value is -0.260. The Kier molecular flexibility index (Phi) is 1.94. The molecule has 0 aromatic rings. The van der Waals surface area contributed by atoms with Crippen molar-refractivity contribution < 1.29 is 0 Å². The van der Waals surface area contributed by atoms with Crippen molar-refractivity contribution in [2.24, 2.45) is 5.92 Å². The van der Waals surface area contributed by atoms with Crippen molar-refractivity contribution in [3.05, 3.63) is 11.1 Å². The number of allylic oxidation sites excluding steroid dienone is 2. The lowest BCUT2D eigenvalue weighted by atomic mass is 10.1. The molecule has 52 valence electrons. The van der Waals surface area contributed by atoms with Gasteiger partial charge in [-0.1, -0.05) is 18.1 Å². The van der Waals surface area contributed by atoms with Crippen LogP contribution >= 0.6 is 0 Å². The van der Waals surface area contributed by atoms with Crippen LogP contribution in [0.1, 0.15) is 40.0 Å². The zero-order chi connectivity index (χ0) is 6.85. The predicted molar refractivity (Wildman–Crippen MR) is 41.4 cm³/mol. The van der Waals surface area contributed by atoms with E-state index in [0.717, 1.165) is 5.92 Å². The SMILES string of the molecule is CC(C)=C1CCC(C)C1. The maximum atomic E-state index is 2.34. The highest BCUT2D eigenvalue weighted by molar-refractivity contribution is 5.13. The monoisotopic (exact) mass is 124 g/mol. The molecule has 0 heteroatoms. The highest BCUT2D eigenvalue weighted by Crippen LogP contribution is 2.31. The average Bonchev–Trinajstić information content (AvgIpc) is 2.14. The molecule has 0 bridgehead atoms. The quantitative estimate of drug-likeness (QED) is 0.435. The van der Waals surface area contributed by atoms with Crippen LogP contribution in [0.5, 0.6) is 0 Å². The van der Waals surface area contributed by atoms with Gasteiger partial charge in [0.2, 0.25) is 0 Å². The second-order valence-electron chi connectivity index (χ2n) is 3.45. The molecule has 1 unspecified atom stereocenters. The van der Waals surface area contributed by atoms with Crippen LogP contribution in [0.15, 0.2) is 11.1 Å². The Balaban J connectivity index is 2.58. The summed E-state index contributed by atoms with van der Waals surface area (Å²) in [6, 6.07) is 0. The van der Waals surface area contributed by atoms with Gasteiger partial charge in [-0.15, -0.1) is 0 Å². The first-order valence-electron chi connectivity index (χ1n) is 3.85. The molecule has 0 aliphatic heterocycles. The van der Waals surface area contributed by atoms with Gasteiger partial charge < -0.3 is 0 Å². The van der Waals surface area contributed by atoms with Crippen LogP contribution in [0.25, 0.3) is 0 Å². The summed E-state index contributed by atoms with van der Waals surface area (Å²) in [7, 11) is 0. The second-order valence-corrected chi connectivity index (χ2v) is 3.45. The summed E-state index contributed by atoms with van der Waals surface area (Å²) in [6.07, 6.45) is 4.15. The molecule has 0 aromatic heterocycles. The summed E-state index contributed by atoms with van der Waals surface area (Å²) in [6.45, 7) is 6.80. The third-order valence-corrected chi connectivity index (χ3v) is 2.24. The topological polar surface area (TPSA) is 0 Å². The molecule has 1 rings (SSSR count). The van der Waals surface area contributed by atoms with E-state index >= 15 is 0 Å². The van der Waals surface area contributed by atoms with E-state index in [-0.39, 0.29) is 0 Å². The molecule has 1 aliphatic rings. The molecule has 0 spiro atoms. The van der Waals surface area contributed by atoms with Crippen LogP contribution < -0.4 is 0 Å². The number of hydrogen-bond acceptors (Lipinski definition) is 0. The molecule has 1 aliphatic carbocycles. The molecule has 1 fully saturated rings. The lowest BCUT2D eigenvalue weighted by Crippen LogP contribution is -1.81. The molecule has 1 atom stereocenters. The minimum atomic E-state index is 0.954. The lowest BCUT2D eigenvalue weighted by molar-refractivity contribution is 0.620. The van der Waals surface area contributed by atoms with E-state index < -0.39 is 0 Å². The summed E-state index contributed by atoms with van der Waals surface area (Å²) in [5.41, 5.74) is 3.27. The van der Waals surface area contributed by atoms with E-state index in [4.69, 9.17) is 0 Å². The van der Waals surface area contributed by atoms with E-state index in [1.54, 1.807) is 11.1 Å². The Morgan fingerprint density at radius 1 is 1.44 bits per heavy atom. The fourth-order valence-electron chi connectivity index (χ4n) is 1.50. The summed E-state index contributed by atoms with van der Waals surface area (Å²) in [5.74, 6) is 0.954. The van der Waals surface area contributed by atoms with Gasteiger partial charge in [0.15, 0.2) is 0 Å². The fraction of sp³-hybridized carbons (Fsp3) is 0.778. The molecular formula is C9H16. The minimum absolute atomic E-state index is 0.954. The predicted octanol–water partition coefficient (Wildman–Crippen LogP) is 3.14. The highest BCUT2D eigenvalue weighted by atomic mass is 14.2. The Morgan fingerprint density at radius 2 is 2.11 bits per heavy atom. The van der Waals surface area contributed by atoms with Crippen LogP contribution in [0.4, 0.5) is 0 Å². The van der Waals surface area contributed by atoms with Crippen molar-refractivity contribution in [1.29, 1.82) is 0 Å². The zero-order valence-electron chi connectivity index (χ0n) is 6.70. The molecule has 0 N–H and O–H groups in total. The van der Waals surface area contributed by atoms with E-state index in [1.165, 1.54) is 19.3 Å². The molecule has 9 heavy (non-hydrogen) atoms. The Bertz CT molecular complexity index is 127. The summed E-state index contributed by atoms with van der Waals surface area (Å²) in [4.78, 5) is 0. The fourth-order valence-corrected chi connectivity index (χ4v) is 1.50. The maximum Gasteiger partial charge on any atom is -0.0292 e. The van der Waals surface area contributed by atoms with Gasteiger partial charge in [0.05, 0.1) is 0 Å². The first-order chi connectivity index (χ1) is 4.20. The molecule has 0 radical (unpaired) electrons. The normalized spacial score (nSPS) is 27.0. The third kappa shape index (κ3) is 1.57. The standard InChI is InChI=1S/C9H16/c1-7(2)9-5-4-8(3)6-9/h8H,4-6H2,1-3H3. The van der Waals surface area contributed by atoms with Gasteiger partial charge in [-0.2, -0.15) is 0 Å². The summed E-state index contributed by atoms with van der Waals surface area (Å²) < 4.78 is 0. The van der Waals surface area contributed by atoms with Gasteiger partial charge in [-0.05, 0) is 39.0 Å². The minimum Gasteiger partial charge on any atom is -0.0772 e. The van der Waals surface area contributed by atoms with Gasteiger partial charge in [0, 0.05) is 0 Å². The van der Waals surface area contributed by atoms with Crippen LogP contribution in [0.3, 0.4) is 0 Å². The van der Waals surface area contributed by atoms with Crippen molar-refractivity contribution in [1.82, 2.24) is 0 Å². The molecule has 0 saturated heterocycles. The van der Waals surface area contributed by atoms with Gasteiger partial charge in [0.1, 0.15) is 0 Å². The molecule has 0 heterocycles. The van der Waals surface area contributed by atoms with Crippen LogP contribution in [-0.2, 0) is 0 Å². The highest BCUT2D eigenvalue weighted by Gasteiger charge is 2.14. The largest absolute Gasteiger partial charge is 0.0772 e. The molecule has 0 amide bonds. The first kappa shape index (κ1) is 6.85. The van der Waals surface area contributed by atoms with Gasteiger partial charge in [-0.25, -0.2) is 0 Å². The molecule has 0 nitrogen and oxygen atoms in total. The molecular weight excluding hydrogens is 108 g/mol. The van der Waals surface area contributed by atoms with E-state index in [0.29, 0.717) is 0 Å². The van der Waals surface area contributed by atoms with Crippen molar-refractivity contribution in [2.75, 3.05) is 0 Å². The summed E-state index contributed by atoms with van der Waals surface area (Å²) in [5, 5.41) is 0. The van der Waals surface area contributed by atoms with Crippen molar-refractivity contribution in [3.63, 3.8) is 0 Å². The van der Waals surface area contributed by atoms with Crippen LogP contribution in [0, 0.1) is 5.92 Å². The van der Waals surface area contributed by atoms with Crippen molar-refractivity contribution in [3.8, 4) is 0 Å². The van der Waals surface area contributed by atoms with Gasteiger partial charge >= 0.3 is 0 Å². The average molecular weight is 124 g/mol. The Labute approximate surface area is 58.0 Å². The van der Waals surface area contributed by atoms with Crippen LogP contribution in [-0.4, -0.2) is 0 Å². The third-order valence-electron chi connectivity index (χ3n) is 2.24. The van der Waals surface area contributed by atoms with E-state index in [1.807, 2.05) is 0 Å².